The number of rotatable bonds is 5. The van der Waals surface area contributed by atoms with Crippen LogP contribution in [0.1, 0.15) is 15.9 Å². The second kappa shape index (κ2) is 7.32. The number of hydroxylamine groups is 1. The number of nitrogens with zero attached hydrogens (tertiary/aromatic N) is 1. The molecule has 2 N–H and O–H groups in total. The fraction of sp³-hybridized carbons (Fsp3) is 0.222. The van der Waals surface area contributed by atoms with Gasteiger partial charge in [0.1, 0.15) is 5.75 Å². The number of hydrogen-bond acceptors (Lipinski definition) is 6. The Morgan fingerprint density at radius 2 is 1.96 bits per heavy atom. The zero-order valence-corrected chi connectivity index (χ0v) is 14.3. The first-order valence-electron chi connectivity index (χ1n) is 7.80. The minimum absolute atomic E-state index is 0.0914. The van der Waals surface area contributed by atoms with Crippen LogP contribution >= 0.6 is 0 Å². The van der Waals surface area contributed by atoms with E-state index in [1.165, 1.54) is 24.1 Å². The van der Waals surface area contributed by atoms with E-state index in [0.717, 1.165) is 5.56 Å². The molecule has 0 aliphatic carbocycles. The number of nitrogens with one attached hydrogen (secondary N) is 1. The number of fused-ring (bicyclic) bond motifs is 1. The lowest BCUT2D eigenvalue weighted by Gasteiger charge is -2.30. The molecule has 2 aromatic carbocycles. The van der Waals surface area contributed by atoms with Gasteiger partial charge in [0.05, 0.1) is 26.5 Å². The Bertz CT molecular complexity index is 852. The second-order valence-electron chi connectivity index (χ2n) is 5.58. The third-order valence-corrected chi connectivity index (χ3v) is 4.05. The standard InChI is InChI=1S/C18H18N2O6/c1-24-15-5-3-11(7-16(15)25-2)9-20-13-8-12(18(22)19-23)4-6-14(13)26-10-17(20)21/h3-8,23H,9-10H2,1-2H3,(H,19,22). The minimum Gasteiger partial charge on any atom is -0.493 e. The zero-order chi connectivity index (χ0) is 18.7. The van der Waals surface area contributed by atoms with Gasteiger partial charge in [0.25, 0.3) is 11.8 Å². The Labute approximate surface area is 149 Å². The van der Waals surface area contributed by atoms with Crippen molar-refractivity contribution in [3.05, 3.63) is 47.5 Å². The van der Waals surface area contributed by atoms with E-state index in [1.54, 1.807) is 30.8 Å². The van der Waals surface area contributed by atoms with Gasteiger partial charge in [-0.25, -0.2) is 5.48 Å². The fourth-order valence-corrected chi connectivity index (χ4v) is 2.74. The Kier molecular flexibility index (Phi) is 4.94. The molecule has 1 aliphatic rings. The molecule has 26 heavy (non-hydrogen) atoms. The maximum atomic E-state index is 12.4. The van der Waals surface area contributed by atoms with Gasteiger partial charge in [-0.15, -0.1) is 0 Å². The molecule has 2 aromatic rings. The normalized spacial score (nSPS) is 12.9. The molecular formula is C18H18N2O6. The van der Waals surface area contributed by atoms with Crippen LogP contribution in [-0.4, -0.2) is 37.8 Å². The number of carbonyl (C=O) groups excluding carboxylic acids is 2. The first-order chi connectivity index (χ1) is 12.6. The summed E-state index contributed by atoms with van der Waals surface area (Å²) >= 11 is 0. The maximum absolute atomic E-state index is 12.4. The highest BCUT2D eigenvalue weighted by Crippen LogP contribution is 2.35. The molecule has 0 unspecified atom stereocenters. The number of benzene rings is 2. The third-order valence-electron chi connectivity index (χ3n) is 4.05. The molecule has 0 saturated heterocycles. The Hall–Kier alpha value is -3.26. The third kappa shape index (κ3) is 3.27. The van der Waals surface area contributed by atoms with Gasteiger partial charge in [0, 0.05) is 5.56 Å². The molecule has 0 aromatic heterocycles. The van der Waals surface area contributed by atoms with Crippen LogP contribution in [0.3, 0.4) is 0 Å². The summed E-state index contributed by atoms with van der Waals surface area (Å²) in [6.45, 7) is 0.172. The number of amides is 2. The lowest BCUT2D eigenvalue weighted by Crippen LogP contribution is -2.38. The number of carbonyl (C=O) groups is 2. The Morgan fingerprint density at radius 3 is 2.65 bits per heavy atom. The summed E-state index contributed by atoms with van der Waals surface area (Å²) in [5.41, 5.74) is 3.06. The summed E-state index contributed by atoms with van der Waals surface area (Å²) < 4.78 is 15.9. The van der Waals surface area contributed by atoms with Crippen LogP contribution < -0.4 is 24.6 Å². The van der Waals surface area contributed by atoms with Crippen molar-refractivity contribution >= 4 is 17.5 Å². The molecule has 8 nitrogen and oxygen atoms in total. The molecule has 2 amide bonds. The van der Waals surface area contributed by atoms with Crippen molar-refractivity contribution in [2.45, 2.75) is 6.54 Å². The average molecular weight is 358 g/mol. The van der Waals surface area contributed by atoms with Crippen molar-refractivity contribution in [1.82, 2.24) is 5.48 Å². The molecule has 136 valence electrons. The summed E-state index contributed by atoms with van der Waals surface area (Å²) in [5.74, 6) is 0.719. The van der Waals surface area contributed by atoms with Gasteiger partial charge >= 0.3 is 0 Å². The summed E-state index contributed by atoms with van der Waals surface area (Å²) in [6.07, 6.45) is 0. The smallest absolute Gasteiger partial charge is 0.274 e. The van der Waals surface area contributed by atoms with Crippen LogP contribution in [0, 0.1) is 0 Å². The monoisotopic (exact) mass is 358 g/mol. The topological polar surface area (TPSA) is 97.3 Å². The quantitative estimate of drug-likeness (QED) is 0.624. The number of hydrogen-bond donors (Lipinski definition) is 2. The molecule has 0 bridgehead atoms. The van der Waals surface area contributed by atoms with E-state index in [-0.39, 0.29) is 24.6 Å². The highest BCUT2D eigenvalue weighted by atomic mass is 16.5. The highest BCUT2D eigenvalue weighted by molar-refractivity contribution is 6.01. The minimum atomic E-state index is -0.670. The molecule has 0 fully saturated rings. The highest BCUT2D eigenvalue weighted by Gasteiger charge is 2.27. The van der Waals surface area contributed by atoms with Crippen molar-refractivity contribution < 1.29 is 29.0 Å². The molecule has 8 heteroatoms. The summed E-state index contributed by atoms with van der Waals surface area (Å²) in [7, 11) is 3.09. The second-order valence-corrected chi connectivity index (χ2v) is 5.58. The van der Waals surface area contributed by atoms with Gasteiger partial charge in [-0.1, -0.05) is 6.07 Å². The molecule has 0 saturated carbocycles. The van der Waals surface area contributed by atoms with E-state index in [2.05, 4.69) is 0 Å². The van der Waals surface area contributed by atoms with Crippen molar-refractivity contribution in [3.8, 4) is 17.2 Å². The maximum Gasteiger partial charge on any atom is 0.274 e. The lowest BCUT2D eigenvalue weighted by molar-refractivity contribution is -0.121. The van der Waals surface area contributed by atoms with E-state index in [1.807, 2.05) is 6.07 Å². The van der Waals surface area contributed by atoms with E-state index < -0.39 is 5.91 Å². The number of methoxy groups -OCH3 is 2. The number of ether oxygens (including phenoxy) is 3. The van der Waals surface area contributed by atoms with Crippen molar-refractivity contribution in [3.63, 3.8) is 0 Å². The van der Waals surface area contributed by atoms with Gasteiger partial charge in [-0.3, -0.25) is 14.8 Å². The van der Waals surface area contributed by atoms with Gasteiger partial charge in [0.15, 0.2) is 18.1 Å². The molecular weight excluding hydrogens is 340 g/mol. The number of anilines is 1. The predicted molar refractivity (Wildman–Crippen MR) is 91.9 cm³/mol. The summed E-state index contributed by atoms with van der Waals surface area (Å²) in [4.78, 5) is 25.6. The van der Waals surface area contributed by atoms with Gasteiger partial charge in [-0.05, 0) is 35.9 Å². The molecule has 0 radical (unpaired) electrons. The Balaban J connectivity index is 1.96. The molecule has 3 rings (SSSR count). The van der Waals surface area contributed by atoms with E-state index in [9.17, 15) is 9.59 Å². The van der Waals surface area contributed by atoms with Crippen LogP contribution in [0.25, 0.3) is 0 Å². The van der Waals surface area contributed by atoms with Crippen LogP contribution in [0.15, 0.2) is 36.4 Å². The average Bonchev–Trinajstić information content (AvgIpc) is 2.68. The van der Waals surface area contributed by atoms with Gasteiger partial charge < -0.3 is 19.1 Å². The first kappa shape index (κ1) is 17.6. The van der Waals surface area contributed by atoms with Crippen molar-refractivity contribution in [2.75, 3.05) is 25.7 Å². The van der Waals surface area contributed by atoms with Crippen LogP contribution in [0.5, 0.6) is 17.2 Å². The van der Waals surface area contributed by atoms with Crippen LogP contribution in [-0.2, 0) is 11.3 Å². The van der Waals surface area contributed by atoms with Crippen LogP contribution in [0.2, 0.25) is 0 Å². The summed E-state index contributed by atoms with van der Waals surface area (Å²) in [5, 5.41) is 8.82. The lowest BCUT2D eigenvalue weighted by atomic mass is 10.1. The molecule has 0 atom stereocenters. The predicted octanol–water partition coefficient (Wildman–Crippen LogP) is 1.75. The first-order valence-corrected chi connectivity index (χ1v) is 7.80. The molecule has 1 aliphatic heterocycles. The van der Waals surface area contributed by atoms with E-state index >= 15 is 0 Å². The van der Waals surface area contributed by atoms with E-state index in [4.69, 9.17) is 19.4 Å². The Morgan fingerprint density at radius 1 is 1.19 bits per heavy atom. The zero-order valence-electron chi connectivity index (χ0n) is 14.3. The van der Waals surface area contributed by atoms with Crippen LogP contribution in [0.4, 0.5) is 5.69 Å². The largest absolute Gasteiger partial charge is 0.493 e. The fourth-order valence-electron chi connectivity index (χ4n) is 2.74. The molecule has 0 spiro atoms. The van der Waals surface area contributed by atoms with Gasteiger partial charge in [-0.2, -0.15) is 0 Å². The molecule has 1 heterocycles. The van der Waals surface area contributed by atoms with Crippen molar-refractivity contribution in [1.29, 1.82) is 0 Å². The SMILES string of the molecule is COc1ccc(CN2C(=O)COc3ccc(C(=O)NO)cc32)cc1OC. The van der Waals surface area contributed by atoms with Crippen molar-refractivity contribution in [2.24, 2.45) is 0 Å². The van der Waals surface area contributed by atoms with E-state index in [0.29, 0.717) is 22.9 Å². The van der Waals surface area contributed by atoms with Gasteiger partial charge in [0.2, 0.25) is 0 Å². The summed E-state index contributed by atoms with van der Waals surface area (Å²) in [6, 6.07) is 9.97.